The number of halogens is 2. The molecule has 0 unspecified atom stereocenters. The highest BCUT2D eigenvalue weighted by molar-refractivity contribution is 9.11. The molecule has 1 aromatic carbocycles. The molecule has 2 aromatic rings. The number of benzene rings is 1. The Morgan fingerprint density at radius 3 is 2.39 bits per heavy atom. The lowest BCUT2D eigenvalue weighted by Gasteiger charge is -2.09. The first kappa shape index (κ1) is 13.2. The molecule has 0 saturated heterocycles. The normalized spacial score (nSPS) is 10.4. The van der Waals surface area contributed by atoms with Gasteiger partial charge in [0.1, 0.15) is 5.82 Å². The van der Waals surface area contributed by atoms with Crippen molar-refractivity contribution in [2.24, 2.45) is 0 Å². The summed E-state index contributed by atoms with van der Waals surface area (Å²) in [7, 11) is 0. The molecule has 0 radical (unpaired) electrons. The summed E-state index contributed by atoms with van der Waals surface area (Å²) in [6.07, 6.45) is 0. The van der Waals surface area contributed by atoms with Gasteiger partial charge in [0.25, 0.3) is 5.91 Å². The quantitative estimate of drug-likeness (QED) is 0.849. The van der Waals surface area contributed by atoms with Crippen molar-refractivity contribution in [3.63, 3.8) is 0 Å². The molecule has 0 aliphatic rings. The van der Waals surface area contributed by atoms with E-state index in [9.17, 15) is 4.79 Å². The molecular formula is C11H10Br2N4O. The molecule has 2 rings (SSSR count). The molecule has 0 bridgehead atoms. The lowest BCUT2D eigenvalue weighted by molar-refractivity contribution is 0.101. The Morgan fingerprint density at radius 2 is 1.89 bits per heavy atom. The van der Waals surface area contributed by atoms with Crippen molar-refractivity contribution >= 4 is 43.5 Å². The van der Waals surface area contributed by atoms with Crippen LogP contribution in [0.15, 0.2) is 21.1 Å². The Kier molecular flexibility index (Phi) is 3.82. The molecule has 7 heteroatoms. The van der Waals surface area contributed by atoms with E-state index < -0.39 is 0 Å². The summed E-state index contributed by atoms with van der Waals surface area (Å²) >= 11 is 6.82. The van der Waals surface area contributed by atoms with E-state index in [1.54, 1.807) is 6.92 Å². The molecule has 0 saturated carbocycles. The fourth-order valence-corrected chi connectivity index (χ4v) is 3.05. The highest BCUT2D eigenvalue weighted by Crippen LogP contribution is 2.32. The predicted molar refractivity (Wildman–Crippen MR) is 75.7 cm³/mol. The van der Waals surface area contributed by atoms with E-state index in [1.165, 1.54) is 0 Å². The molecule has 5 nitrogen and oxygen atoms in total. The third-order valence-corrected chi connectivity index (χ3v) is 3.48. The van der Waals surface area contributed by atoms with Gasteiger partial charge in [-0.2, -0.15) is 0 Å². The summed E-state index contributed by atoms with van der Waals surface area (Å²) in [5.41, 5.74) is 1.74. The number of amides is 1. The van der Waals surface area contributed by atoms with Gasteiger partial charge in [-0.25, -0.2) is 4.98 Å². The van der Waals surface area contributed by atoms with Crippen molar-refractivity contribution in [2.75, 3.05) is 5.32 Å². The van der Waals surface area contributed by atoms with Crippen molar-refractivity contribution in [2.45, 2.75) is 13.8 Å². The zero-order chi connectivity index (χ0) is 13.3. The van der Waals surface area contributed by atoms with E-state index in [-0.39, 0.29) is 11.7 Å². The predicted octanol–water partition coefficient (Wildman–Crippen LogP) is 3.20. The van der Waals surface area contributed by atoms with Crippen LogP contribution < -0.4 is 5.32 Å². The average molecular weight is 374 g/mol. The maximum absolute atomic E-state index is 11.9. The second-order valence-electron chi connectivity index (χ2n) is 3.80. The molecule has 0 aliphatic heterocycles. The molecule has 1 heterocycles. The lowest BCUT2D eigenvalue weighted by atomic mass is 10.2. The Balaban J connectivity index is 2.27. The Bertz CT molecular complexity index is 586. The first-order valence-electron chi connectivity index (χ1n) is 5.13. The minimum atomic E-state index is -0.357. The largest absolute Gasteiger partial charge is 0.317 e. The lowest BCUT2D eigenvalue weighted by Crippen LogP contribution is -2.14. The Hall–Kier alpha value is -1.21. The molecule has 94 valence electrons. The third kappa shape index (κ3) is 2.78. The molecule has 2 N–H and O–H groups in total. The van der Waals surface area contributed by atoms with Crippen molar-refractivity contribution in [3.8, 4) is 0 Å². The topological polar surface area (TPSA) is 70.7 Å². The van der Waals surface area contributed by atoms with E-state index in [1.807, 2.05) is 19.1 Å². The first-order chi connectivity index (χ1) is 8.47. The van der Waals surface area contributed by atoms with Crippen molar-refractivity contribution in [1.82, 2.24) is 15.2 Å². The van der Waals surface area contributed by atoms with Crippen LogP contribution in [0.4, 0.5) is 5.69 Å². The van der Waals surface area contributed by atoms with Gasteiger partial charge >= 0.3 is 0 Å². The third-order valence-electron chi connectivity index (χ3n) is 2.23. The van der Waals surface area contributed by atoms with Crippen LogP contribution in [0.25, 0.3) is 0 Å². The van der Waals surface area contributed by atoms with Crippen LogP contribution in [-0.4, -0.2) is 21.1 Å². The van der Waals surface area contributed by atoms with Crippen LogP contribution in [0.5, 0.6) is 0 Å². The fourth-order valence-electron chi connectivity index (χ4n) is 1.43. The Morgan fingerprint density at radius 1 is 1.28 bits per heavy atom. The minimum Gasteiger partial charge on any atom is -0.317 e. The van der Waals surface area contributed by atoms with E-state index in [0.29, 0.717) is 11.5 Å². The number of aromatic amines is 1. The summed E-state index contributed by atoms with van der Waals surface area (Å²) in [6, 6.07) is 3.84. The Labute approximate surface area is 121 Å². The number of carbonyl (C=O) groups is 1. The number of carbonyl (C=O) groups excluding carboxylic acids is 1. The molecule has 0 spiro atoms. The summed E-state index contributed by atoms with van der Waals surface area (Å²) < 4.78 is 1.60. The maximum atomic E-state index is 11.9. The van der Waals surface area contributed by atoms with E-state index in [2.05, 4.69) is 52.4 Å². The number of aryl methyl sites for hydroxylation is 2. The van der Waals surface area contributed by atoms with E-state index in [0.717, 1.165) is 14.5 Å². The molecular weight excluding hydrogens is 364 g/mol. The second-order valence-corrected chi connectivity index (χ2v) is 5.51. The molecule has 0 fully saturated rings. The van der Waals surface area contributed by atoms with Crippen molar-refractivity contribution in [3.05, 3.63) is 38.3 Å². The van der Waals surface area contributed by atoms with Crippen LogP contribution in [0.1, 0.15) is 22.0 Å². The summed E-state index contributed by atoms with van der Waals surface area (Å²) in [6.45, 7) is 3.71. The van der Waals surface area contributed by atoms with Gasteiger partial charge in [-0.1, -0.05) is 0 Å². The SMILES string of the molecule is Cc1cc(Br)c(NC(=O)c2n[nH]c(C)n2)c(Br)c1. The number of H-pyrrole nitrogens is 1. The van der Waals surface area contributed by atoms with Crippen LogP contribution in [0, 0.1) is 13.8 Å². The number of hydrogen-bond donors (Lipinski definition) is 2. The number of anilines is 1. The second kappa shape index (κ2) is 5.19. The van der Waals surface area contributed by atoms with Crippen LogP contribution in [-0.2, 0) is 0 Å². The summed E-state index contributed by atoms with van der Waals surface area (Å²) in [4.78, 5) is 15.9. The van der Waals surface area contributed by atoms with Gasteiger partial charge in [0.05, 0.1) is 5.69 Å². The minimum absolute atomic E-state index is 0.117. The van der Waals surface area contributed by atoms with Gasteiger partial charge in [-0.05, 0) is 63.4 Å². The molecule has 18 heavy (non-hydrogen) atoms. The smallest absolute Gasteiger partial charge is 0.295 e. The number of hydrogen-bond acceptors (Lipinski definition) is 3. The fraction of sp³-hybridized carbons (Fsp3) is 0.182. The number of nitrogens with one attached hydrogen (secondary N) is 2. The van der Waals surface area contributed by atoms with Gasteiger partial charge in [0.15, 0.2) is 0 Å². The van der Waals surface area contributed by atoms with Gasteiger partial charge in [0.2, 0.25) is 5.82 Å². The van der Waals surface area contributed by atoms with Gasteiger partial charge in [-0.15, -0.1) is 5.10 Å². The molecule has 0 atom stereocenters. The van der Waals surface area contributed by atoms with Gasteiger partial charge < -0.3 is 5.32 Å². The standard InChI is InChI=1S/C11H10Br2N4O/c1-5-3-7(12)9(8(13)4-5)15-11(18)10-14-6(2)16-17-10/h3-4H,1-2H3,(H,15,18)(H,14,16,17). The molecule has 1 aromatic heterocycles. The molecule has 1 amide bonds. The van der Waals surface area contributed by atoms with Gasteiger partial charge in [0, 0.05) is 8.95 Å². The van der Waals surface area contributed by atoms with Crippen molar-refractivity contribution < 1.29 is 4.79 Å². The van der Waals surface area contributed by atoms with Crippen LogP contribution >= 0.6 is 31.9 Å². The summed E-state index contributed by atoms with van der Waals surface area (Å²) in [5.74, 6) is 0.360. The van der Waals surface area contributed by atoms with E-state index >= 15 is 0 Å². The zero-order valence-corrected chi connectivity index (χ0v) is 12.9. The average Bonchev–Trinajstić information content (AvgIpc) is 2.70. The van der Waals surface area contributed by atoms with Crippen LogP contribution in [0.2, 0.25) is 0 Å². The highest BCUT2D eigenvalue weighted by Gasteiger charge is 2.15. The zero-order valence-electron chi connectivity index (χ0n) is 9.71. The highest BCUT2D eigenvalue weighted by atomic mass is 79.9. The molecule has 0 aliphatic carbocycles. The van der Waals surface area contributed by atoms with Gasteiger partial charge in [-0.3, -0.25) is 9.89 Å². The van der Waals surface area contributed by atoms with Crippen molar-refractivity contribution in [1.29, 1.82) is 0 Å². The monoisotopic (exact) mass is 372 g/mol. The first-order valence-corrected chi connectivity index (χ1v) is 6.72. The maximum Gasteiger partial charge on any atom is 0.295 e. The number of aromatic nitrogens is 3. The van der Waals surface area contributed by atoms with Crippen LogP contribution in [0.3, 0.4) is 0 Å². The summed E-state index contributed by atoms with van der Waals surface area (Å²) in [5, 5.41) is 9.20. The number of nitrogens with zero attached hydrogens (tertiary/aromatic N) is 2. The number of rotatable bonds is 2. The van der Waals surface area contributed by atoms with E-state index in [4.69, 9.17) is 0 Å².